The van der Waals surface area contributed by atoms with Crippen LogP contribution in [0.3, 0.4) is 0 Å². The molecule has 0 aliphatic carbocycles. The van der Waals surface area contributed by atoms with Crippen LogP contribution in [0.15, 0.2) is 0 Å². The first-order valence-electron chi connectivity index (χ1n) is 6.37. The molecular formula is C12H24N2OS. The molecule has 0 amide bonds. The van der Waals surface area contributed by atoms with Gasteiger partial charge in [-0.05, 0) is 58.0 Å². The van der Waals surface area contributed by atoms with E-state index in [0.29, 0.717) is 6.04 Å². The Balaban J connectivity index is 1.92. The van der Waals surface area contributed by atoms with Gasteiger partial charge < -0.3 is 10.0 Å². The van der Waals surface area contributed by atoms with E-state index in [1.807, 2.05) is 6.26 Å². The molecule has 0 aromatic heterocycles. The van der Waals surface area contributed by atoms with E-state index in [9.17, 15) is 5.11 Å². The average Bonchev–Trinajstić information content (AvgIpc) is 2.78. The van der Waals surface area contributed by atoms with Gasteiger partial charge in [-0.1, -0.05) is 0 Å². The van der Waals surface area contributed by atoms with E-state index < -0.39 is 0 Å². The molecule has 2 fully saturated rings. The SMILES string of the molecule is CSC(O)N1CCCC1C1CCN(C)CC1. The van der Waals surface area contributed by atoms with E-state index in [-0.39, 0.29) is 5.56 Å². The van der Waals surface area contributed by atoms with Crippen molar-refractivity contribution >= 4 is 11.8 Å². The molecule has 16 heavy (non-hydrogen) atoms. The minimum atomic E-state index is -0.285. The van der Waals surface area contributed by atoms with E-state index in [4.69, 9.17) is 0 Å². The molecule has 0 aromatic rings. The molecule has 2 heterocycles. The lowest BCUT2D eigenvalue weighted by molar-refractivity contribution is 0.0305. The van der Waals surface area contributed by atoms with Crippen molar-refractivity contribution in [1.82, 2.24) is 9.80 Å². The maximum atomic E-state index is 9.99. The molecule has 0 aromatic carbocycles. The fourth-order valence-electron chi connectivity index (χ4n) is 3.14. The molecule has 2 saturated heterocycles. The zero-order valence-corrected chi connectivity index (χ0v) is 11.2. The lowest BCUT2D eigenvalue weighted by Gasteiger charge is -2.38. The van der Waals surface area contributed by atoms with Crippen molar-refractivity contribution < 1.29 is 5.11 Å². The number of aliphatic hydroxyl groups excluding tert-OH is 1. The molecule has 2 aliphatic rings. The number of hydrogen-bond acceptors (Lipinski definition) is 4. The summed E-state index contributed by atoms with van der Waals surface area (Å²) in [5.74, 6) is 0.806. The monoisotopic (exact) mass is 244 g/mol. The van der Waals surface area contributed by atoms with Crippen LogP contribution in [-0.2, 0) is 0 Å². The molecule has 0 saturated carbocycles. The molecule has 3 nitrogen and oxygen atoms in total. The lowest BCUT2D eigenvalue weighted by atomic mass is 9.88. The van der Waals surface area contributed by atoms with Crippen molar-refractivity contribution in [2.24, 2.45) is 5.92 Å². The Bertz CT molecular complexity index is 219. The fourth-order valence-corrected chi connectivity index (χ4v) is 3.68. The van der Waals surface area contributed by atoms with Gasteiger partial charge in [0.25, 0.3) is 0 Å². The van der Waals surface area contributed by atoms with Gasteiger partial charge in [0.05, 0.1) is 0 Å². The summed E-state index contributed by atoms with van der Waals surface area (Å²) in [6.07, 6.45) is 7.15. The van der Waals surface area contributed by atoms with Crippen LogP contribution in [0.5, 0.6) is 0 Å². The van der Waals surface area contributed by atoms with Gasteiger partial charge in [-0.2, -0.15) is 0 Å². The van der Waals surface area contributed by atoms with Crippen LogP contribution in [-0.4, -0.2) is 59.4 Å². The fraction of sp³-hybridized carbons (Fsp3) is 1.00. The first kappa shape index (κ1) is 12.7. The Morgan fingerprint density at radius 1 is 1.19 bits per heavy atom. The predicted molar refractivity (Wildman–Crippen MR) is 69.5 cm³/mol. The summed E-state index contributed by atoms with van der Waals surface area (Å²) in [6.45, 7) is 3.54. The number of nitrogens with zero attached hydrogens (tertiary/aromatic N) is 2. The van der Waals surface area contributed by atoms with Gasteiger partial charge in [-0.15, -0.1) is 11.8 Å². The Morgan fingerprint density at radius 2 is 1.88 bits per heavy atom. The van der Waals surface area contributed by atoms with Gasteiger partial charge in [0, 0.05) is 12.6 Å². The average molecular weight is 244 g/mol. The molecular weight excluding hydrogens is 220 g/mol. The van der Waals surface area contributed by atoms with Crippen LogP contribution >= 0.6 is 11.8 Å². The predicted octanol–water partition coefficient (Wildman–Crippen LogP) is 1.43. The number of likely N-dealkylation sites (tertiary alicyclic amines) is 2. The van der Waals surface area contributed by atoms with E-state index in [0.717, 1.165) is 12.5 Å². The molecule has 4 heteroatoms. The molecule has 1 N–H and O–H groups in total. The van der Waals surface area contributed by atoms with Crippen LogP contribution in [0.25, 0.3) is 0 Å². The molecule has 2 atom stereocenters. The van der Waals surface area contributed by atoms with Crippen molar-refractivity contribution in [2.75, 3.05) is 32.9 Å². The highest BCUT2D eigenvalue weighted by molar-refractivity contribution is 7.98. The first-order chi connectivity index (χ1) is 7.72. The first-order valence-corrected chi connectivity index (χ1v) is 7.66. The number of hydrogen-bond donors (Lipinski definition) is 1. The zero-order valence-electron chi connectivity index (χ0n) is 10.4. The molecule has 2 rings (SSSR count). The summed E-state index contributed by atoms with van der Waals surface area (Å²) >= 11 is 1.56. The topological polar surface area (TPSA) is 26.7 Å². The van der Waals surface area contributed by atoms with Crippen molar-refractivity contribution in [3.05, 3.63) is 0 Å². The Labute approximate surface area is 103 Å². The molecule has 2 aliphatic heterocycles. The van der Waals surface area contributed by atoms with Crippen LogP contribution in [0, 0.1) is 5.92 Å². The van der Waals surface area contributed by atoms with Gasteiger partial charge >= 0.3 is 0 Å². The number of aliphatic hydroxyl groups is 1. The summed E-state index contributed by atoms with van der Waals surface area (Å²) in [6, 6.07) is 0.635. The third-order valence-corrected chi connectivity index (χ3v) is 4.84. The quantitative estimate of drug-likeness (QED) is 0.760. The van der Waals surface area contributed by atoms with Gasteiger partial charge in [0.15, 0.2) is 5.56 Å². The van der Waals surface area contributed by atoms with Gasteiger partial charge in [-0.25, -0.2) is 0 Å². The summed E-state index contributed by atoms with van der Waals surface area (Å²) in [7, 11) is 2.21. The smallest absolute Gasteiger partial charge is 0.155 e. The summed E-state index contributed by atoms with van der Waals surface area (Å²) < 4.78 is 0. The molecule has 0 radical (unpaired) electrons. The third kappa shape index (κ3) is 2.73. The molecule has 2 unspecified atom stereocenters. The highest BCUT2D eigenvalue weighted by Crippen LogP contribution is 2.33. The standard InChI is InChI=1S/C12H24N2OS/c1-13-8-5-10(6-9-13)11-4-3-7-14(11)12(15)16-2/h10-12,15H,3-9H2,1-2H3. The maximum Gasteiger partial charge on any atom is 0.155 e. The number of piperidine rings is 1. The van der Waals surface area contributed by atoms with Crippen molar-refractivity contribution in [3.8, 4) is 0 Å². The van der Waals surface area contributed by atoms with Crippen molar-refractivity contribution in [2.45, 2.75) is 37.3 Å². The van der Waals surface area contributed by atoms with Gasteiger partial charge in [0.1, 0.15) is 0 Å². The third-order valence-electron chi connectivity index (χ3n) is 4.14. The second kappa shape index (κ2) is 5.71. The molecule has 0 bridgehead atoms. The Kier molecular flexibility index (Phi) is 4.53. The van der Waals surface area contributed by atoms with Crippen LogP contribution < -0.4 is 0 Å². The van der Waals surface area contributed by atoms with E-state index in [1.54, 1.807) is 11.8 Å². The second-order valence-electron chi connectivity index (χ2n) is 5.15. The Hall–Kier alpha value is 0.230. The van der Waals surface area contributed by atoms with Crippen LogP contribution in [0.2, 0.25) is 0 Å². The number of thioether (sulfide) groups is 1. The van der Waals surface area contributed by atoms with E-state index in [2.05, 4.69) is 16.8 Å². The highest BCUT2D eigenvalue weighted by atomic mass is 32.2. The second-order valence-corrected chi connectivity index (χ2v) is 6.04. The summed E-state index contributed by atoms with van der Waals surface area (Å²) in [4.78, 5) is 4.74. The molecule has 0 spiro atoms. The maximum absolute atomic E-state index is 9.99. The number of rotatable bonds is 3. The Morgan fingerprint density at radius 3 is 2.50 bits per heavy atom. The largest absolute Gasteiger partial charge is 0.369 e. The lowest BCUT2D eigenvalue weighted by Crippen LogP contribution is -2.44. The normalized spacial score (nSPS) is 32.1. The molecule has 94 valence electrons. The van der Waals surface area contributed by atoms with E-state index in [1.165, 1.54) is 38.8 Å². The van der Waals surface area contributed by atoms with Gasteiger partial charge in [0.2, 0.25) is 0 Å². The minimum absolute atomic E-state index is 0.285. The van der Waals surface area contributed by atoms with Crippen LogP contribution in [0.4, 0.5) is 0 Å². The van der Waals surface area contributed by atoms with E-state index >= 15 is 0 Å². The zero-order chi connectivity index (χ0) is 11.5. The summed E-state index contributed by atoms with van der Waals surface area (Å²) in [5, 5.41) is 9.99. The van der Waals surface area contributed by atoms with Gasteiger partial charge in [-0.3, -0.25) is 4.90 Å². The van der Waals surface area contributed by atoms with Crippen molar-refractivity contribution in [1.29, 1.82) is 0 Å². The highest BCUT2D eigenvalue weighted by Gasteiger charge is 2.35. The minimum Gasteiger partial charge on any atom is -0.369 e. The summed E-state index contributed by atoms with van der Waals surface area (Å²) in [5.41, 5.74) is -0.285. The van der Waals surface area contributed by atoms with Crippen molar-refractivity contribution in [3.63, 3.8) is 0 Å². The van der Waals surface area contributed by atoms with Crippen LogP contribution in [0.1, 0.15) is 25.7 Å².